The van der Waals surface area contributed by atoms with Crippen LogP contribution in [-0.4, -0.2) is 36.4 Å². The molecule has 0 spiro atoms. The van der Waals surface area contributed by atoms with E-state index in [-0.39, 0.29) is 12.5 Å². The lowest BCUT2D eigenvalue weighted by Crippen LogP contribution is -2.58. The molecule has 0 aliphatic carbocycles. The SMILES string of the molecule is CCC(NC(=O)OC(C)(C)C)C(C)(N)CC(=O)OC. The van der Waals surface area contributed by atoms with E-state index in [4.69, 9.17) is 10.5 Å². The maximum atomic E-state index is 11.7. The predicted molar refractivity (Wildman–Crippen MR) is 72.7 cm³/mol. The van der Waals surface area contributed by atoms with Gasteiger partial charge in [-0.2, -0.15) is 0 Å². The summed E-state index contributed by atoms with van der Waals surface area (Å²) in [7, 11) is 1.31. The molecule has 0 aliphatic rings. The quantitative estimate of drug-likeness (QED) is 0.743. The summed E-state index contributed by atoms with van der Waals surface area (Å²) in [4.78, 5) is 23.0. The van der Waals surface area contributed by atoms with E-state index in [1.165, 1.54) is 7.11 Å². The number of alkyl carbamates (subject to hydrolysis) is 1. The van der Waals surface area contributed by atoms with Gasteiger partial charge in [-0.1, -0.05) is 6.92 Å². The Balaban J connectivity index is 4.64. The van der Waals surface area contributed by atoms with Gasteiger partial charge in [-0.15, -0.1) is 0 Å². The lowest BCUT2D eigenvalue weighted by molar-refractivity contribution is -0.142. The Hall–Kier alpha value is -1.30. The van der Waals surface area contributed by atoms with E-state index in [0.717, 1.165) is 0 Å². The standard InChI is InChI=1S/C13H26N2O4/c1-7-9(13(5,14)8-10(16)18-6)15-11(17)19-12(2,3)4/h9H,7-8,14H2,1-6H3,(H,15,17). The zero-order chi connectivity index (χ0) is 15.3. The van der Waals surface area contributed by atoms with Crippen molar-refractivity contribution in [3.8, 4) is 0 Å². The van der Waals surface area contributed by atoms with Crippen LogP contribution in [0.15, 0.2) is 0 Å². The molecule has 0 fully saturated rings. The molecule has 0 aromatic heterocycles. The summed E-state index contributed by atoms with van der Waals surface area (Å²) >= 11 is 0. The molecular formula is C13H26N2O4. The molecule has 0 rings (SSSR count). The van der Waals surface area contributed by atoms with E-state index < -0.39 is 23.2 Å². The number of carbonyl (C=O) groups excluding carboxylic acids is 2. The van der Waals surface area contributed by atoms with Crippen molar-refractivity contribution in [2.75, 3.05) is 7.11 Å². The number of nitrogens with two attached hydrogens (primary N) is 1. The van der Waals surface area contributed by atoms with Gasteiger partial charge in [-0.25, -0.2) is 4.79 Å². The maximum Gasteiger partial charge on any atom is 0.407 e. The number of rotatable bonds is 5. The largest absolute Gasteiger partial charge is 0.469 e. The smallest absolute Gasteiger partial charge is 0.407 e. The van der Waals surface area contributed by atoms with Crippen LogP contribution < -0.4 is 11.1 Å². The second-order valence-electron chi connectivity index (χ2n) is 5.87. The van der Waals surface area contributed by atoms with Gasteiger partial charge in [0.25, 0.3) is 0 Å². The molecule has 0 heterocycles. The number of ether oxygens (including phenoxy) is 2. The minimum Gasteiger partial charge on any atom is -0.469 e. The van der Waals surface area contributed by atoms with E-state index in [2.05, 4.69) is 10.1 Å². The number of amides is 1. The summed E-state index contributed by atoms with van der Waals surface area (Å²) in [6.45, 7) is 8.93. The summed E-state index contributed by atoms with van der Waals surface area (Å²) in [6.07, 6.45) is 0.0713. The van der Waals surface area contributed by atoms with Gasteiger partial charge in [-0.3, -0.25) is 4.79 Å². The summed E-state index contributed by atoms with van der Waals surface area (Å²) in [6, 6.07) is -0.374. The Kier molecular flexibility index (Phi) is 6.29. The van der Waals surface area contributed by atoms with E-state index in [0.29, 0.717) is 6.42 Å². The van der Waals surface area contributed by atoms with Crippen LogP contribution in [-0.2, 0) is 14.3 Å². The average Bonchev–Trinajstić information content (AvgIpc) is 2.22. The van der Waals surface area contributed by atoms with Crippen LogP contribution >= 0.6 is 0 Å². The van der Waals surface area contributed by atoms with Crippen LogP contribution in [0.3, 0.4) is 0 Å². The molecule has 0 aromatic carbocycles. The van der Waals surface area contributed by atoms with Crippen LogP contribution in [0.5, 0.6) is 0 Å². The van der Waals surface area contributed by atoms with E-state index in [1.54, 1.807) is 27.7 Å². The first-order valence-corrected chi connectivity index (χ1v) is 6.37. The highest BCUT2D eigenvalue weighted by Crippen LogP contribution is 2.16. The molecule has 0 aliphatic heterocycles. The van der Waals surface area contributed by atoms with Gasteiger partial charge in [-0.05, 0) is 34.1 Å². The molecule has 6 nitrogen and oxygen atoms in total. The van der Waals surface area contributed by atoms with Crippen molar-refractivity contribution in [2.45, 2.75) is 64.6 Å². The highest BCUT2D eigenvalue weighted by molar-refractivity contribution is 5.72. The average molecular weight is 274 g/mol. The highest BCUT2D eigenvalue weighted by atomic mass is 16.6. The fourth-order valence-electron chi connectivity index (χ4n) is 1.69. The fourth-order valence-corrected chi connectivity index (χ4v) is 1.69. The number of hydrogen-bond donors (Lipinski definition) is 2. The molecule has 2 atom stereocenters. The fraction of sp³-hybridized carbons (Fsp3) is 0.846. The molecular weight excluding hydrogens is 248 g/mol. The summed E-state index contributed by atoms with van der Waals surface area (Å²) < 4.78 is 9.78. The Morgan fingerprint density at radius 3 is 2.16 bits per heavy atom. The third kappa shape index (κ3) is 7.00. The van der Waals surface area contributed by atoms with Gasteiger partial charge in [0.05, 0.1) is 19.6 Å². The first-order chi connectivity index (χ1) is 8.51. The first kappa shape index (κ1) is 17.7. The molecule has 0 radical (unpaired) electrons. The number of nitrogens with one attached hydrogen (secondary N) is 1. The maximum absolute atomic E-state index is 11.7. The minimum atomic E-state index is -0.890. The monoisotopic (exact) mass is 274 g/mol. The zero-order valence-electron chi connectivity index (χ0n) is 12.7. The van der Waals surface area contributed by atoms with Crippen molar-refractivity contribution < 1.29 is 19.1 Å². The summed E-state index contributed by atoms with van der Waals surface area (Å²) in [5, 5.41) is 2.70. The van der Waals surface area contributed by atoms with E-state index in [9.17, 15) is 9.59 Å². The van der Waals surface area contributed by atoms with E-state index in [1.807, 2.05) is 6.92 Å². The van der Waals surface area contributed by atoms with Gasteiger partial charge in [0.15, 0.2) is 0 Å². The predicted octanol–water partition coefficient (Wildman–Crippen LogP) is 1.57. The number of esters is 1. The number of carbonyl (C=O) groups is 2. The Labute approximate surface area is 115 Å². The lowest BCUT2D eigenvalue weighted by atomic mass is 9.88. The Morgan fingerprint density at radius 2 is 1.79 bits per heavy atom. The molecule has 19 heavy (non-hydrogen) atoms. The molecule has 0 saturated heterocycles. The van der Waals surface area contributed by atoms with Crippen molar-refractivity contribution in [2.24, 2.45) is 5.73 Å². The first-order valence-electron chi connectivity index (χ1n) is 6.37. The van der Waals surface area contributed by atoms with Crippen molar-refractivity contribution in [3.05, 3.63) is 0 Å². The van der Waals surface area contributed by atoms with Crippen LogP contribution in [0, 0.1) is 0 Å². The molecule has 2 unspecified atom stereocenters. The van der Waals surface area contributed by atoms with Gasteiger partial charge in [0, 0.05) is 5.54 Å². The van der Waals surface area contributed by atoms with Crippen molar-refractivity contribution >= 4 is 12.1 Å². The molecule has 6 heteroatoms. The molecule has 3 N–H and O–H groups in total. The second kappa shape index (κ2) is 6.75. The summed E-state index contributed by atoms with van der Waals surface area (Å²) in [5.41, 5.74) is 4.63. The molecule has 112 valence electrons. The minimum absolute atomic E-state index is 0.0256. The van der Waals surface area contributed by atoms with Crippen molar-refractivity contribution in [1.82, 2.24) is 5.32 Å². The lowest BCUT2D eigenvalue weighted by Gasteiger charge is -2.33. The number of methoxy groups -OCH3 is 1. The Bertz CT molecular complexity index is 321. The van der Waals surface area contributed by atoms with Gasteiger partial charge < -0.3 is 20.5 Å². The van der Waals surface area contributed by atoms with Gasteiger partial charge in [0.1, 0.15) is 5.60 Å². The van der Waals surface area contributed by atoms with Crippen molar-refractivity contribution in [1.29, 1.82) is 0 Å². The van der Waals surface area contributed by atoms with Crippen LogP contribution in [0.1, 0.15) is 47.5 Å². The van der Waals surface area contributed by atoms with Gasteiger partial charge in [0.2, 0.25) is 0 Å². The Morgan fingerprint density at radius 1 is 1.26 bits per heavy atom. The molecule has 0 bridgehead atoms. The molecule has 1 amide bonds. The zero-order valence-corrected chi connectivity index (χ0v) is 12.7. The molecule has 0 aromatic rings. The normalized spacial score (nSPS) is 16.2. The van der Waals surface area contributed by atoms with Crippen molar-refractivity contribution in [3.63, 3.8) is 0 Å². The van der Waals surface area contributed by atoms with Gasteiger partial charge >= 0.3 is 12.1 Å². The number of hydrogen-bond acceptors (Lipinski definition) is 5. The summed E-state index contributed by atoms with van der Waals surface area (Å²) in [5.74, 6) is -0.408. The van der Waals surface area contributed by atoms with Crippen LogP contribution in [0.4, 0.5) is 4.79 Å². The topological polar surface area (TPSA) is 90.6 Å². The second-order valence-corrected chi connectivity index (χ2v) is 5.87. The molecule has 0 saturated carbocycles. The van der Waals surface area contributed by atoms with Crippen LogP contribution in [0.25, 0.3) is 0 Å². The third-order valence-corrected chi connectivity index (χ3v) is 2.65. The third-order valence-electron chi connectivity index (χ3n) is 2.65. The highest BCUT2D eigenvalue weighted by Gasteiger charge is 2.34. The van der Waals surface area contributed by atoms with E-state index >= 15 is 0 Å². The van der Waals surface area contributed by atoms with Crippen LogP contribution in [0.2, 0.25) is 0 Å².